The smallest absolute Gasteiger partial charge is 0.430 e. The number of nitrogens with zero attached hydrogens (tertiary/aromatic N) is 2. The summed E-state index contributed by atoms with van der Waals surface area (Å²) in [6, 6.07) is 8.08. The molecule has 0 saturated carbocycles. The minimum absolute atomic E-state index is 0.0534. The van der Waals surface area contributed by atoms with Gasteiger partial charge in [-0.3, -0.25) is 4.68 Å². The Balaban J connectivity index is 1.63. The highest BCUT2D eigenvalue weighted by Crippen LogP contribution is 2.54. The molecular formula is C32H24F9N2O5S-. The van der Waals surface area contributed by atoms with Gasteiger partial charge < -0.3 is 14.6 Å². The number of aromatic nitrogens is 2. The summed E-state index contributed by atoms with van der Waals surface area (Å²) in [5.41, 5.74) is -7.35. The Kier molecular flexibility index (Phi) is 9.40. The van der Waals surface area contributed by atoms with Gasteiger partial charge in [-0.25, -0.2) is 21.6 Å². The van der Waals surface area contributed by atoms with Crippen LogP contribution in [0.5, 0.6) is 0 Å². The molecule has 1 aliphatic rings. The van der Waals surface area contributed by atoms with E-state index in [-0.39, 0.29) is 36.3 Å². The van der Waals surface area contributed by atoms with E-state index in [0.29, 0.717) is 35.5 Å². The van der Waals surface area contributed by atoms with E-state index in [0.717, 1.165) is 42.5 Å². The number of halogens is 9. The molecule has 1 unspecified atom stereocenters. The Hall–Kier alpha value is -4.38. The van der Waals surface area contributed by atoms with E-state index in [1.165, 1.54) is 10.9 Å². The van der Waals surface area contributed by atoms with Crippen LogP contribution in [0.1, 0.15) is 40.8 Å². The predicted molar refractivity (Wildman–Crippen MR) is 151 cm³/mol. The second-order valence-corrected chi connectivity index (χ2v) is 13.6. The first kappa shape index (κ1) is 35.9. The number of carbonyl (C=O) groups excluding carboxylic acids is 1. The number of sulfone groups is 1. The maximum Gasteiger partial charge on any atom is 0.430 e. The lowest BCUT2D eigenvalue weighted by molar-refractivity contribution is -0.392. The number of fused-ring (bicyclic) bond motifs is 1. The number of ether oxygens (including phenoxy) is 1. The molecule has 4 aromatic rings. The van der Waals surface area contributed by atoms with Crippen LogP contribution in [-0.2, 0) is 55.7 Å². The molecule has 0 amide bonds. The average molecular weight is 720 g/mol. The minimum Gasteiger partial charge on any atom is -0.550 e. The van der Waals surface area contributed by atoms with Crippen LogP contribution in [0.3, 0.4) is 0 Å². The third-order valence-corrected chi connectivity index (χ3v) is 11.0. The first-order chi connectivity index (χ1) is 22.8. The Labute approximate surface area is 272 Å². The molecule has 1 atom stereocenters. The summed E-state index contributed by atoms with van der Waals surface area (Å²) >= 11 is 0. The van der Waals surface area contributed by atoms with Gasteiger partial charge >= 0.3 is 12.4 Å². The number of carboxylic acid groups (broad SMARTS) is 1. The predicted octanol–water partition coefficient (Wildman–Crippen LogP) is 5.84. The molecule has 17 heteroatoms. The summed E-state index contributed by atoms with van der Waals surface area (Å²) in [5, 5.41) is 15.2. The second kappa shape index (κ2) is 12.8. The van der Waals surface area contributed by atoms with Gasteiger partial charge in [0.2, 0.25) is 0 Å². The molecular weight excluding hydrogens is 695 g/mol. The molecule has 1 aliphatic carbocycles. The van der Waals surface area contributed by atoms with Gasteiger partial charge in [0.05, 0.1) is 17.2 Å². The Morgan fingerprint density at radius 1 is 0.898 bits per heavy atom. The van der Waals surface area contributed by atoms with Gasteiger partial charge in [0.15, 0.2) is 9.84 Å². The van der Waals surface area contributed by atoms with Crippen LogP contribution in [0.4, 0.5) is 39.5 Å². The van der Waals surface area contributed by atoms with Crippen molar-refractivity contribution in [3.8, 4) is 0 Å². The van der Waals surface area contributed by atoms with Crippen molar-refractivity contribution < 1.29 is 62.6 Å². The molecule has 3 aromatic carbocycles. The molecule has 0 radical (unpaired) electrons. The van der Waals surface area contributed by atoms with E-state index >= 15 is 0 Å². The molecule has 5 rings (SSSR count). The first-order valence-corrected chi connectivity index (χ1v) is 15.9. The van der Waals surface area contributed by atoms with Gasteiger partial charge in [-0.15, -0.1) is 0 Å². The third-order valence-electron chi connectivity index (χ3n) is 8.46. The van der Waals surface area contributed by atoms with Gasteiger partial charge in [-0.05, 0) is 66.8 Å². The van der Waals surface area contributed by atoms with Crippen LogP contribution in [0.25, 0.3) is 0 Å². The molecule has 1 heterocycles. The van der Waals surface area contributed by atoms with Gasteiger partial charge in [0.25, 0.3) is 5.60 Å². The van der Waals surface area contributed by atoms with Crippen molar-refractivity contribution in [3.63, 3.8) is 0 Å². The molecule has 0 aliphatic heterocycles. The maximum absolute atomic E-state index is 14.5. The van der Waals surface area contributed by atoms with Gasteiger partial charge in [0, 0.05) is 36.3 Å². The lowest BCUT2D eigenvalue weighted by Crippen LogP contribution is -2.56. The van der Waals surface area contributed by atoms with E-state index < -0.39 is 80.1 Å². The molecule has 0 fully saturated rings. The topological polar surface area (TPSA) is 101 Å². The van der Waals surface area contributed by atoms with Crippen LogP contribution in [0.15, 0.2) is 77.8 Å². The van der Waals surface area contributed by atoms with Gasteiger partial charge in [0.1, 0.15) is 22.2 Å². The molecule has 262 valence electrons. The molecule has 0 saturated heterocycles. The van der Waals surface area contributed by atoms with Crippen molar-refractivity contribution in [2.24, 2.45) is 0 Å². The van der Waals surface area contributed by atoms with E-state index in [4.69, 9.17) is 0 Å². The molecule has 0 N–H and O–H groups in total. The zero-order valence-corrected chi connectivity index (χ0v) is 25.7. The van der Waals surface area contributed by atoms with Crippen LogP contribution in [0, 0.1) is 17.5 Å². The van der Waals surface area contributed by atoms with Crippen molar-refractivity contribution in [1.82, 2.24) is 9.78 Å². The summed E-state index contributed by atoms with van der Waals surface area (Å²) in [5.74, 6) is -5.04. The fourth-order valence-corrected chi connectivity index (χ4v) is 8.07. The van der Waals surface area contributed by atoms with E-state index in [1.807, 2.05) is 0 Å². The minimum atomic E-state index is -6.23. The van der Waals surface area contributed by atoms with Crippen molar-refractivity contribution in [3.05, 3.63) is 118 Å². The summed E-state index contributed by atoms with van der Waals surface area (Å²) in [7, 11) is -4.58. The van der Waals surface area contributed by atoms with Crippen molar-refractivity contribution in [2.45, 2.75) is 66.4 Å². The van der Waals surface area contributed by atoms with Gasteiger partial charge in [-0.2, -0.15) is 31.4 Å². The zero-order chi connectivity index (χ0) is 36.0. The monoisotopic (exact) mass is 719 g/mol. The maximum atomic E-state index is 14.5. The molecule has 0 bridgehead atoms. The Bertz CT molecular complexity index is 1920. The van der Waals surface area contributed by atoms with Crippen LogP contribution in [0.2, 0.25) is 0 Å². The normalized spacial score (nSPS) is 17.2. The van der Waals surface area contributed by atoms with Crippen LogP contribution >= 0.6 is 0 Å². The lowest BCUT2D eigenvalue weighted by Gasteiger charge is -2.39. The Morgan fingerprint density at radius 2 is 1.49 bits per heavy atom. The highest BCUT2D eigenvalue weighted by molar-refractivity contribution is 7.92. The number of carboxylic acids is 1. The van der Waals surface area contributed by atoms with E-state index in [1.54, 1.807) is 0 Å². The highest BCUT2D eigenvalue weighted by atomic mass is 32.2. The molecule has 7 nitrogen and oxygen atoms in total. The first-order valence-electron chi connectivity index (χ1n) is 14.4. The number of carbonyl (C=O) groups is 1. The van der Waals surface area contributed by atoms with Crippen LogP contribution in [-0.4, -0.2) is 36.5 Å². The zero-order valence-electron chi connectivity index (χ0n) is 24.9. The largest absolute Gasteiger partial charge is 0.550 e. The van der Waals surface area contributed by atoms with E-state index in [9.17, 15) is 57.8 Å². The highest BCUT2D eigenvalue weighted by Gasteiger charge is 2.73. The summed E-state index contributed by atoms with van der Waals surface area (Å²) in [6.45, 7) is -1.90. The number of hydrogen-bond acceptors (Lipinski definition) is 6. The summed E-state index contributed by atoms with van der Waals surface area (Å²) in [6.07, 6.45) is -12.2. The number of aliphatic carboxylic acids is 1. The average Bonchev–Trinajstić information content (AvgIpc) is 3.42. The second-order valence-electron chi connectivity index (χ2n) is 11.4. The SMILES string of the molecule is O=C([O-])CCn1cc2c(n1)CCC(c1ccc(C(OCc3c(F)cccc3F)(C(F)(F)F)C(F)(F)F)cc1)(S(=O)(=O)c1ccc(F)cc1)C2. The summed E-state index contributed by atoms with van der Waals surface area (Å²) < 4.78 is 161. The number of rotatable bonds is 10. The number of alkyl halides is 6. The molecule has 1 aromatic heterocycles. The number of aryl methyl sites for hydroxylation is 2. The van der Waals surface area contributed by atoms with Crippen molar-refractivity contribution in [2.75, 3.05) is 0 Å². The van der Waals surface area contributed by atoms with Crippen LogP contribution < -0.4 is 5.11 Å². The quantitative estimate of drug-likeness (QED) is 0.151. The lowest BCUT2D eigenvalue weighted by atomic mass is 9.81. The standard InChI is InChI=1S/C32H25F9N2O5S/c33-22-8-10-23(11-9-22)49(46,47)29(14-12-27-19(16-29)17-43(42-27)15-13-28(44)45)20-4-6-21(7-5-20)30(31(36,37)38,32(39,40)41)48-18-24-25(34)2-1-3-26(24)35/h1-11,17H,12-16,18H2,(H,44,45)/p-1. The third kappa shape index (κ3) is 6.40. The fraction of sp³-hybridized carbons (Fsp3) is 0.312. The Morgan fingerprint density at radius 3 is 2.04 bits per heavy atom. The van der Waals surface area contributed by atoms with E-state index in [2.05, 4.69) is 9.84 Å². The van der Waals surface area contributed by atoms with Gasteiger partial charge in [-0.1, -0.05) is 30.3 Å². The molecule has 0 spiro atoms. The fourth-order valence-electron chi connectivity index (χ4n) is 5.96. The van der Waals surface area contributed by atoms with Crippen molar-refractivity contribution >= 4 is 15.8 Å². The number of hydrogen-bond donors (Lipinski definition) is 0. The number of benzene rings is 3. The summed E-state index contributed by atoms with van der Waals surface area (Å²) in [4.78, 5) is 10.6. The molecule has 49 heavy (non-hydrogen) atoms. The van der Waals surface area contributed by atoms with Crippen molar-refractivity contribution in [1.29, 1.82) is 0 Å².